The van der Waals surface area contributed by atoms with Crippen LogP contribution in [0.3, 0.4) is 0 Å². The minimum Gasteiger partial charge on any atom is -0.369 e. The fourth-order valence-electron chi connectivity index (χ4n) is 3.99. The molecular formula is C20H23ClN4O. The van der Waals surface area contributed by atoms with Crippen LogP contribution in [0, 0.1) is 5.92 Å². The summed E-state index contributed by atoms with van der Waals surface area (Å²) < 4.78 is 0. The highest BCUT2D eigenvalue weighted by Crippen LogP contribution is 2.33. The fourth-order valence-corrected chi connectivity index (χ4v) is 4.18. The summed E-state index contributed by atoms with van der Waals surface area (Å²) in [5.41, 5.74) is 8.88. The summed E-state index contributed by atoms with van der Waals surface area (Å²) in [6, 6.07) is 7.66. The number of benzene rings is 1. The third-order valence-electron chi connectivity index (χ3n) is 5.37. The van der Waals surface area contributed by atoms with Crippen molar-refractivity contribution in [2.45, 2.75) is 38.5 Å². The van der Waals surface area contributed by atoms with Gasteiger partial charge in [0.25, 0.3) is 0 Å². The first-order valence-electron chi connectivity index (χ1n) is 9.32. The Morgan fingerprint density at radius 2 is 2.04 bits per heavy atom. The number of nitrogens with two attached hydrogens (primary N) is 1. The van der Waals surface area contributed by atoms with Crippen molar-refractivity contribution in [1.29, 1.82) is 0 Å². The largest absolute Gasteiger partial charge is 0.369 e. The van der Waals surface area contributed by atoms with E-state index in [0.717, 1.165) is 62.1 Å². The Labute approximate surface area is 158 Å². The average molecular weight is 371 g/mol. The molecule has 5 nitrogen and oxygen atoms in total. The minimum absolute atomic E-state index is 0.104. The Morgan fingerprint density at radius 1 is 1.19 bits per heavy atom. The summed E-state index contributed by atoms with van der Waals surface area (Å²) in [4.78, 5) is 23.7. The lowest BCUT2D eigenvalue weighted by molar-refractivity contribution is -0.122. The van der Waals surface area contributed by atoms with Gasteiger partial charge < -0.3 is 10.6 Å². The molecule has 0 radical (unpaired) electrons. The van der Waals surface area contributed by atoms with E-state index in [-0.39, 0.29) is 11.8 Å². The van der Waals surface area contributed by atoms with Crippen LogP contribution in [0.15, 0.2) is 24.3 Å². The number of fused-ring (bicyclic) bond motifs is 1. The van der Waals surface area contributed by atoms with Crippen molar-refractivity contribution in [3.05, 3.63) is 40.5 Å². The molecule has 1 amide bonds. The monoisotopic (exact) mass is 370 g/mol. The van der Waals surface area contributed by atoms with Crippen LogP contribution in [0.5, 0.6) is 0 Å². The lowest BCUT2D eigenvalue weighted by Crippen LogP contribution is -2.42. The van der Waals surface area contributed by atoms with Gasteiger partial charge in [0.1, 0.15) is 5.82 Å². The van der Waals surface area contributed by atoms with Gasteiger partial charge in [0, 0.05) is 34.9 Å². The number of nitrogens with zero attached hydrogens (tertiary/aromatic N) is 3. The van der Waals surface area contributed by atoms with Crippen LogP contribution in [0.1, 0.15) is 36.9 Å². The summed E-state index contributed by atoms with van der Waals surface area (Å²) in [6.45, 7) is 1.55. The molecule has 6 heteroatoms. The highest BCUT2D eigenvalue weighted by atomic mass is 35.5. The van der Waals surface area contributed by atoms with E-state index in [4.69, 9.17) is 27.3 Å². The standard InChI is InChI=1S/C20H23ClN4O/c21-15-7-3-5-13(11-15)19-23-17-9-2-1-8-16(17)20(24-19)25-10-4-6-14(12-25)18(22)26/h3,5,7,11,14H,1-2,4,6,8-10,12H2,(H2,22,26). The van der Waals surface area contributed by atoms with E-state index in [0.29, 0.717) is 17.4 Å². The summed E-state index contributed by atoms with van der Waals surface area (Å²) in [6.07, 6.45) is 6.11. The molecule has 0 saturated carbocycles. The van der Waals surface area contributed by atoms with E-state index in [1.54, 1.807) is 0 Å². The highest BCUT2D eigenvalue weighted by molar-refractivity contribution is 6.30. The highest BCUT2D eigenvalue weighted by Gasteiger charge is 2.28. The van der Waals surface area contributed by atoms with Gasteiger partial charge in [0.15, 0.2) is 5.82 Å². The van der Waals surface area contributed by atoms with Gasteiger partial charge in [-0.3, -0.25) is 4.79 Å². The molecule has 2 aromatic rings. The molecule has 136 valence electrons. The first-order valence-corrected chi connectivity index (χ1v) is 9.69. The van der Waals surface area contributed by atoms with Gasteiger partial charge in [-0.15, -0.1) is 0 Å². The van der Waals surface area contributed by atoms with Crippen LogP contribution < -0.4 is 10.6 Å². The summed E-state index contributed by atoms with van der Waals surface area (Å²) >= 11 is 6.16. The number of rotatable bonds is 3. The van der Waals surface area contributed by atoms with Crippen LogP contribution in [-0.4, -0.2) is 29.0 Å². The molecule has 1 aliphatic heterocycles. The topological polar surface area (TPSA) is 72.1 Å². The second-order valence-corrected chi connectivity index (χ2v) is 7.64. The summed E-state index contributed by atoms with van der Waals surface area (Å²) in [7, 11) is 0. The Kier molecular flexibility index (Phi) is 4.81. The van der Waals surface area contributed by atoms with E-state index in [1.165, 1.54) is 5.56 Å². The van der Waals surface area contributed by atoms with Crippen LogP contribution in [0.4, 0.5) is 5.82 Å². The van der Waals surface area contributed by atoms with Gasteiger partial charge in [-0.25, -0.2) is 9.97 Å². The van der Waals surface area contributed by atoms with Crippen molar-refractivity contribution in [3.63, 3.8) is 0 Å². The van der Waals surface area contributed by atoms with Gasteiger partial charge in [0.2, 0.25) is 5.91 Å². The van der Waals surface area contributed by atoms with E-state index in [1.807, 2.05) is 24.3 Å². The van der Waals surface area contributed by atoms with Crippen molar-refractivity contribution >= 4 is 23.3 Å². The Morgan fingerprint density at radius 3 is 2.85 bits per heavy atom. The van der Waals surface area contributed by atoms with Crippen molar-refractivity contribution in [2.24, 2.45) is 11.7 Å². The minimum atomic E-state index is -0.215. The second kappa shape index (κ2) is 7.23. The van der Waals surface area contributed by atoms with E-state index < -0.39 is 0 Å². The number of hydrogen-bond donors (Lipinski definition) is 1. The lowest BCUT2D eigenvalue weighted by atomic mass is 9.93. The summed E-state index contributed by atoms with van der Waals surface area (Å²) in [5.74, 6) is 1.38. The molecule has 1 saturated heterocycles. The molecule has 0 bridgehead atoms. The number of primary amides is 1. The number of hydrogen-bond acceptors (Lipinski definition) is 4. The third kappa shape index (κ3) is 3.40. The van der Waals surface area contributed by atoms with Crippen molar-refractivity contribution < 1.29 is 4.79 Å². The molecule has 2 N–H and O–H groups in total. The molecule has 1 fully saturated rings. The SMILES string of the molecule is NC(=O)C1CCCN(c2nc(-c3cccc(Cl)c3)nc3c2CCCC3)C1. The second-order valence-electron chi connectivity index (χ2n) is 7.20. The maximum absolute atomic E-state index is 11.7. The number of carbonyl (C=O) groups excluding carboxylic acids is 1. The van der Waals surface area contributed by atoms with Crippen LogP contribution in [0.2, 0.25) is 5.02 Å². The molecule has 2 aliphatic rings. The number of halogens is 1. The molecular weight excluding hydrogens is 348 g/mol. The van der Waals surface area contributed by atoms with Crippen molar-refractivity contribution in [3.8, 4) is 11.4 Å². The number of piperidine rings is 1. The molecule has 1 aliphatic carbocycles. The Balaban J connectivity index is 1.77. The zero-order valence-electron chi connectivity index (χ0n) is 14.7. The number of aromatic nitrogens is 2. The van der Waals surface area contributed by atoms with Crippen LogP contribution in [0.25, 0.3) is 11.4 Å². The molecule has 2 heterocycles. The predicted molar refractivity (Wildman–Crippen MR) is 103 cm³/mol. The van der Waals surface area contributed by atoms with Gasteiger partial charge in [0.05, 0.1) is 5.92 Å². The first-order chi connectivity index (χ1) is 12.6. The molecule has 26 heavy (non-hydrogen) atoms. The quantitative estimate of drug-likeness (QED) is 0.898. The van der Waals surface area contributed by atoms with Gasteiger partial charge in [-0.2, -0.15) is 0 Å². The van der Waals surface area contributed by atoms with Gasteiger partial charge in [-0.05, 0) is 50.7 Å². The number of carbonyl (C=O) groups is 1. The maximum Gasteiger partial charge on any atom is 0.222 e. The third-order valence-corrected chi connectivity index (χ3v) is 5.60. The number of aryl methyl sites for hydroxylation is 1. The molecule has 4 rings (SSSR count). The van der Waals surface area contributed by atoms with Gasteiger partial charge >= 0.3 is 0 Å². The van der Waals surface area contributed by atoms with Gasteiger partial charge in [-0.1, -0.05) is 23.7 Å². The fraction of sp³-hybridized carbons (Fsp3) is 0.450. The van der Waals surface area contributed by atoms with E-state index in [9.17, 15) is 4.79 Å². The molecule has 1 aromatic heterocycles. The molecule has 1 unspecified atom stereocenters. The molecule has 1 aromatic carbocycles. The van der Waals surface area contributed by atoms with E-state index in [2.05, 4.69) is 4.90 Å². The normalized spacial score (nSPS) is 19.9. The Bertz CT molecular complexity index is 839. The first kappa shape index (κ1) is 17.3. The average Bonchev–Trinajstić information content (AvgIpc) is 2.67. The maximum atomic E-state index is 11.7. The lowest BCUT2D eigenvalue weighted by Gasteiger charge is -2.34. The number of anilines is 1. The van der Waals surface area contributed by atoms with Crippen LogP contribution >= 0.6 is 11.6 Å². The summed E-state index contributed by atoms with van der Waals surface area (Å²) in [5, 5.41) is 0.678. The zero-order valence-corrected chi connectivity index (χ0v) is 15.5. The van der Waals surface area contributed by atoms with Crippen molar-refractivity contribution in [2.75, 3.05) is 18.0 Å². The smallest absolute Gasteiger partial charge is 0.222 e. The number of amides is 1. The Hall–Kier alpha value is -2.14. The van der Waals surface area contributed by atoms with Crippen molar-refractivity contribution in [1.82, 2.24) is 9.97 Å². The zero-order chi connectivity index (χ0) is 18.1. The van der Waals surface area contributed by atoms with Crippen LogP contribution in [-0.2, 0) is 17.6 Å². The van der Waals surface area contributed by atoms with E-state index >= 15 is 0 Å². The molecule has 1 atom stereocenters. The molecule has 0 spiro atoms. The predicted octanol–water partition coefficient (Wildman–Crippen LogP) is 3.38.